The van der Waals surface area contributed by atoms with Crippen LogP contribution in [0.2, 0.25) is 0 Å². The molecule has 0 heterocycles. The van der Waals surface area contributed by atoms with Crippen LogP contribution < -0.4 is 9.47 Å². The van der Waals surface area contributed by atoms with Crippen molar-refractivity contribution in [1.82, 2.24) is 0 Å². The third kappa shape index (κ3) is 2.30. The summed E-state index contributed by atoms with van der Waals surface area (Å²) in [4.78, 5) is 26.8. The van der Waals surface area contributed by atoms with E-state index < -0.39 is 5.92 Å². The minimum atomic E-state index is -0.922. The fourth-order valence-electron chi connectivity index (χ4n) is 3.92. The van der Waals surface area contributed by atoms with E-state index in [0.717, 1.165) is 16.3 Å². The summed E-state index contributed by atoms with van der Waals surface area (Å²) in [6.07, 6.45) is 1.66. The number of ketones is 2. The zero-order chi connectivity index (χ0) is 19.1. The number of Topliss-reactive ketones (excluding diaryl/α,β-unsaturated/α-hetero) is 2. The summed E-state index contributed by atoms with van der Waals surface area (Å²) in [7, 11) is 3.02. The van der Waals surface area contributed by atoms with E-state index in [1.54, 1.807) is 12.1 Å². The Labute approximate surface area is 157 Å². The van der Waals surface area contributed by atoms with Crippen molar-refractivity contribution in [2.24, 2.45) is 0 Å². The number of carbonyl (C=O) groups is 2. The Kier molecular flexibility index (Phi) is 4.04. The molecule has 134 valence electrons. The molecular formula is C23H18O4. The first-order valence-electron chi connectivity index (χ1n) is 8.60. The van der Waals surface area contributed by atoms with Gasteiger partial charge in [0.05, 0.1) is 25.3 Å². The topological polar surface area (TPSA) is 52.6 Å². The van der Waals surface area contributed by atoms with Gasteiger partial charge in [-0.05, 0) is 11.1 Å². The molecule has 0 aliphatic heterocycles. The van der Waals surface area contributed by atoms with Crippen LogP contribution in [0, 0.1) is 0 Å². The lowest BCUT2D eigenvalue weighted by atomic mass is 9.90. The average molecular weight is 358 g/mol. The molecule has 1 aliphatic carbocycles. The van der Waals surface area contributed by atoms with Crippen LogP contribution in [0.3, 0.4) is 0 Å². The van der Waals surface area contributed by atoms with Crippen molar-refractivity contribution >= 4 is 28.4 Å². The van der Waals surface area contributed by atoms with E-state index in [2.05, 4.69) is 6.58 Å². The minimum absolute atomic E-state index is 0.273. The molecule has 1 aliphatic rings. The van der Waals surface area contributed by atoms with Gasteiger partial charge in [-0.3, -0.25) is 9.59 Å². The van der Waals surface area contributed by atoms with Crippen LogP contribution in [0.4, 0.5) is 0 Å². The molecule has 0 fully saturated rings. The summed E-state index contributed by atoms with van der Waals surface area (Å²) >= 11 is 0. The van der Waals surface area contributed by atoms with Gasteiger partial charge in [0.2, 0.25) is 0 Å². The number of carbonyl (C=O) groups excluding carboxylic acids is 2. The van der Waals surface area contributed by atoms with Gasteiger partial charge in [-0.2, -0.15) is 0 Å². The maximum Gasteiger partial charge on any atom is 0.182 e. The van der Waals surface area contributed by atoms with Crippen LogP contribution in [0.25, 0.3) is 16.8 Å². The molecule has 3 aromatic carbocycles. The van der Waals surface area contributed by atoms with Crippen molar-refractivity contribution in [3.63, 3.8) is 0 Å². The van der Waals surface area contributed by atoms with Crippen LogP contribution in [0.1, 0.15) is 37.8 Å². The Morgan fingerprint density at radius 1 is 0.815 bits per heavy atom. The molecule has 0 radical (unpaired) electrons. The van der Waals surface area contributed by atoms with Gasteiger partial charge in [0.15, 0.2) is 11.6 Å². The average Bonchev–Trinajstić information content (AvgIpc) is 2.96. The highest BCUT2D eigenvalue weighted by Gasteiger charge is 2.45. The monoisotopic (exact) mass is 358 g/mol. The fourth-order valence-corrected chi connectivity index (χ4v) is 3.92. The van der Waals surface area contributed by atoms with Crippen molar-refractivity contribution in [3.05, 3.63) is 77.4 Å². The van der Waals surface area contributed by atoms with Gasteiger partial charge in [-0.15, -0.1) is 0 Å². The minimum Gasteiger partial charge on any atom is -0.495 e. The summed E-state index contributed by atoms with van der Waals surface area (Å²) in [6, 6.07) is 14.8. The van der Waals surface area contributed by atoms with E-state index in [1.807, 2.05) is 42.5 Å². The Bertz CT molecular complexity index is 1050. The lowest BCUT2D eigenvalue weighted by Gasteiger charge is -2.14. The van der Waals surface area contributed by atoms with Crippen molar-refractivity contribution in [2.45, 2.75) is 5.92 Å². The van der Waals surface area contributed by atoms with E-state index in [9.17, 15) is 9.59 Å². The number of fused-ring (bicyclic) bond motifs is 2. The van der Waals surface area contributed by atoms with Gasteiger partial charge in [-0.1, -0.05) is 61.2 Å². The summed E-state index contributed by atoms with van der Waals surface area (Å²) in [5, 5.41) is 1.49. The molecule has 0 spiro atoms. The number of benzene rings is 3. The zero-order valence-electron chi connectivity index (χ0n) is 15.1. The maximum absolute atomic E-state index is 13.4. The van der Waals surface area contributed by atoms with E-state index in [1.165, 1.54) is 14.2 Å². The van der Waals surface area contributed by atoms with Gasteiger partial charge >= 0.3 is 0 Å². The number of methoxy groups -OCH3 is 2. The van der Waals surface area contributed by atoms with Crippen LogP contribution in [0.5, 0.6) is 11.5 Å². The van der Waals surface area contributed by atoms with E-state index in [0.29, 0.717) is 28.2 Å². The standard InChI is InChI=1S/C23H18O4/c1-4-13-9-5-6-10-14(13)17-20(24)18-19(21(17)25)23(27-3)16-12-8-7-11-15(16)22(18)26-2/h4-12,17H,1H2,2-3H3. The van der Waals surface area contributed by atoms with Crippen molar-refractivity contribution in [2.75, 3.05) is 14.2 Å². The third-order valence-electron chi connectivity index (χ3n) is 5.07. The van der Waals surface area contributed by atoms with Gasteiger partial charge in [0, 0.05) is 10.8 Å². The quantitative estimate of drug-likeness (QED) is 0.637. The molecule has 27 heavy (non-hydrogen) atoms. The van der Waals surface area contributed by atoms with Gasteiger partial charge in [0.1, 0.15) is 17.4 Å². The lowest BCUT2D eigenvalue weighted by Crippen LogP contribution is -2.14. The van der Waals surface area contributed by atoms with E-state index in [-0.39, 0.29) is 11.6 Å². The smallest absolute Gasteiger partial charge is 0.182 e. The number of ether oxygens (including phenoxy) is 2. The van der Waals surface area contributed by atoms with E-state index >= 15 is 0 Å². The highest BCUT2D eigenvalue weighted by atomic mass is 16.5. The molecule has 3 aromatic rings. The van der Waals surface area contributed by atoms with Crippen LogP contribution >= 0.6 is 0 Å². The predicted octanol–water partition coefficient (Wildman–Crippen LogP) is 4.66. The Hall–Kier alpha value is -3.40. The number of rotatable bonds is 4. The summed E-state index contributed by atoms with van der Waals surface area (Å²) < 4.78 is 11.2. The Morgan fingerprint density at radius 3 is 1.78 bits per heavy atom. The third-order valence-corrected chi connectivity index (χ3v) is 5.07. The molecule has 0 atom stereocenters. The van der Waals surface area contributed by atoms with Crippen molar-refractivity contribution in [1.29, 1.82) is 0 Å². The van der Waals surface area contributed by atoms with Crippen molar-refractivity contribution in [3.8, 4) is 11.5 Å². The fraction of sp³-hybridized carbons (Fsp3) is 0.130. The molecule has 0 saturated heterocycles. The molecule has 0 saturated carbocycles. The second-order valence-electron chi connectivity index (χ2n) is 6.36. The Morgan fingerprint density at radius 2 is 1.30 bits per heavy atom. The lowest BCUT2D eigenvalue weighted by molar-refractivity contribution is 0.0888. The highest BCUT2D eigenvalue weighted by Crippen LogP contribution is 2.48. The van der Waals surface area contributed by atoms with E-state index in [4.69, 9.17) is 9.47 Å². The number of hydrogen-bond acceptors (Lipinski definition) is 4. The van der Waals surface area contributed by atoms with Crippen LogP contribution in [-0.2, 0) is 0 Å². The molecule has 0 aromatic heterocycles. The highest BCUT2D eigenvalue weighted by molar-refractivity contribution is 6.34. The van der Waals surface area contributed by atoms with Crippen LogP contribution in [0.15, 0.2) is 55.1 Å². The number of hydrogen-bond donors (Lipinski definition) is 0. The van der Waals surface area contributed by atoms with Gasteiger partial charge < -0.3 is 9.47 Å². The maximum atomic E-state index is 13.4. The second kappa shape index (κ2) is 6.40. The molecule has 4 heteroatoms. The zero-order valence-corrected chi connectivity index (χ0v) is 15.1. The normalized spacial score (nSPS) is 13.7. The second-order valence-corrected chi connectivity index (χ2v) is 6.36. The van der Waals surface area contributed by atoms with Gasteiger partial charge in [0.25, 0.3) is 0 Å². The molecule has 0 N–H and O–H groups in total. The summed E-state index contributed by atoms with van der Waals surface area (Å²) in [5.41, 5.74) is 2.00. The summed E-state index contributed by atoms with van der Waals surface area (Å²) in [5.74, 6) is -0.638. The molecule has 0 amide bonds. The molecule has 0 bridgehead atoms. The largest absolute Gasteiger partial charge is 0.495 e. The molecular weight excluding hydrogens is 340 g/mol. The first-order chi connectivity index (χ1) is 13.1. The first-order valence-corrected chi connectivity index (χ1v) is 8.60. The van der Waals surface area contributed by atoms with Gasteiger partial charge in [-0.25, -0.2) is 0 Å². The molecule has 0 unspecified atom stereocenters. The van der Waals surface area contributed by atoms with Crippen molar-refractivity contribution < 1.29 is 19.1 Å². The Balaban J connectivity index is 2.06. The molecule has 4 nitrogen and oxygen atoms in total. The first kappa shape index (κ1) is 17.0. The molecule has 4 rings (SSSR count). The predicted molar refractivity (Wildman–Crippen MR) is 105 cm³/mol. The summed E-state index contributed by atoms with van der Waals surface area (Å²) in [6.45, 7) is 3.80. The van der Waals surface area contributed by atoms with Crippen LogP contribution in [-0.4, -0.2) is 25.8 Å². The SMILES string of the molecule is C=Cc1ccccc1C1C(=O)c2c(c(OC)c3ccccc3c2OC)C1=O.